The molecule has 1 N–H and O–H groups in total. The Balaban J connectivity index is 1.78. The highest BCUT2D eigenvalue weighted by Crippen LogP contribution is 2.19. The minimum atomic E-state index is -0.266. The first-order valence-electron chi connectivity index (χ1n) is 12.1. The maximum absolute atomic E-state index is 13.1. The molecule has 1 aromatic heterocycles. The topological polar surface area (TPSA) is 79.8 Å². The minimum Gasteiger partial charge on any atom is -0.476 e. The molecule has 33 heavy (non-hydrogen) atoms. The van der Waals surface area contributed by atoms with Gasteiger partial charge in [0, 0.05) is 44.5 Å². The van der Waals surface area contributed by atoms with Crippen molar-refractivity contribution < 1.29 is 14.3 Å². The Labute approximate surface area is 197 Å². The predicted octanol–water partition coefficient (Wildman–Crippen LogP) is 3.63. The Kier molecular flexibility index (Phi) is 9.90. The maximum Gasteiger partial charge on any atom is 0.274 e. The summed E-state index contributed by atoms with van der Waals surface area (Å²) in [7, 11) is 0. The first kappa shape index (κ1) is 24.9. The number of carbonyl (C=O) groups excluding carboxylic acids is 1. The van der Waals surface area contributed by atoms with Crippen LogP contribution in [0, 0.1) is 0 Å². The maximum atomic E-state index is 13.1. The molecule has 8 heteroatoms. The van der Waals surface area contributed by atoms with Crippen molar-refractivity contribution in [2.45, 2.75) is 40.0 Å². The van der Waals surface area contributed by atoms with Crippen molar-refractivity contribution in [1.82, 2.24) is 14.9 Å². The number of nitrogens with one attached hydrogen (secondary N) is 1. The quantitative estimate of drug-likeness (QED) is 0.523. The number of ether oxygens (including phenoxy) is 2. The van der Waals surface area contributed by atoms with Gasteiger partial charge in [-0.05, 0) is 37.0 Å². The summed E-state index contributed by atoms with van der Waals surface area (Å²) in [5.74, 6) is 0.700. The van der Waals surface area contributed by atoms with Crippen molar-refractivity contribution >= 4 is 17.5 Å². The summed E-state index contributed by atoms with van der Waals surface area (Å²) in [6.07, 6.45) is 2.85. The van der Waals surface area contributed by atoms with E-state index in [1.165, 1.54) is 5.56 Å². The van der Waals surface area contributed by atoms with Crippen molar-refractivity contribution in [3.8, 4) is 5.88 Å². The van der Waals surface area contributed by atoms with Crippen LogP contribution < -0.4 is 15.0 Å². The third-order valence-corrected chi connectivity index (χ3v) is 5.55. The van der Waals surface area contributed by atoms with Crippen LogP contribution >= 0.6 is 0 Å². The van der Waals surface area contributed by atoms with Gasteiger partial charge in [-0.3, -0.25) is 9.69 Å². The fraction of sp³-hybridized carbons (Fsp3) is 0.560. The van der Waals surface area contributed by atoms with Gasteiger partial charge in [0.25, 0.3) is 5.91 Å². The van der Waals surface area contributed by atoms with Crippen LogP contribution in [-0.4, -0.2) is 73.3 Å². The third-order valence-electron chi connectivity index (χ3n) is 5.55. The lowest BCUT2D eigenvalue weighted by atomic mass is 10.1. The fourth-order valence-corrected chi connectivity index (χ4v) is 3.76. The van der Waals surface area contributed by atoms with Crippen LogP contribution in [0.15, 0.2) is 30.3 Å². The normalized spacial score (nSPS) is 14.2. The summed E-state index contributed by atoms with van der Waals surface area (Å²) >= 11 is 0. The number of hydrogen-bond donors (Lipinski definition) is 1. The van der Waals surface area contributed by atoms with Crippen molar-refractivity contribution in [1.29, 1.82) is 0 Å². The van der Waals surface area contributed by atoms with Gasteiger partial charge in [0.1, 0.15) is 12.3 Å². The molecule has 0 bridgehead atoms. The van der Waals surface area contributed by atoms with E-state index in [1.54, 1.807) is 6.07 Å². The molecule has 8 nitrogen and oxygen atoms in total. The van der Waals surface area contributed by atoms with Gasteiger partial charge in [0.2, 0.25) is 11.8 Å². The lowest BCUT2D eigenvalue weighted by Gasteiger charge is -2.26. The molecule has 1 amide bonds. The Morgan fingerprint density at radius 2 is 1.88 bits per heavy atom. The van der Waals surface area contributed by atoms with Crippen molar-refractivity contribution in [3.05, 3.63) is 41.6 Å². The number of rotatable bonds is 12. The molecule has 3 rings (SSSR count). The molecule has 0 aliphatic carbocycles. The predicted molar refractivity (Wildman–Crippen MR) is 131 cm³/mol. The minimum absolute atomic E-state index is 0.266. The molecule has 180 valence electrons. The molecular formula is C25H37N5O3. The number of aromatic nitrogens is 2. The number of benzene rings is 1. The number of amides is 1. The van der Waals surface area contributed by atoms with Crippen LogP contribution in [0.3, 0.4) is 0 Å². The van der Waals surface area contributed by atoms with Gasteiger partial charge in [-0.15, -0.1) is 0 Å². The SMILES string of the molecule is CCCN(CCC)c1nc(OCCN2CCOCC2)cc(C(=O)Nc2cccc(CC)c2)n1. The zero-order chi connectivity index (χ0) is 23.5. The molecule has 0 radical (unpaired) electrons. The van der Waals surface area contributed by atoms with Gasteiger partial charge in [-0.25, -0.2) is 4.98 Å². The zero-order valence-electron chi connectivity index (χ0n) is 20.2. The van der Waals surface area contributed by atoms with E-state index in [9.17, 15) is 4.79 Å². The lowest BCUT2D eigenvalue weighted by molar-refractivity contribution is 0.0320. The van der Waals surface area contributed by atoms with Crippen molar-refractivity contribution in [3.63, 3.8) is 0 Å². The molecule has 0 unspecified atom stereocenters. The summed E-state index contributed by atoms with van der Waals surface area (Å²) < 4.78 is 11.4. The van der Waals surface area contributed by atoms with E-state index in [1.807, 2.05) is 24.3 Å². The Bertz CT molecular complexity index is 880. The second-order valence-corrected chi connectivity index (χ2v) is 8.19. The highest BCUT2D eigenvalue weighted by Gasteiger charge is 2.17. The molecule has 0 spiro atoms. The Morgan fingerprint density at radius 1 is 1.12 bits per heavy atom. The molecule has 1 aliphatic heterocycles. The van der Waals surface area contributed by atoms with E-state index in [-0.39, 0.29) is 5.91 Å². The van der Waals surface area contributed by atoms with E-state index in [0.717, 1.165) is 70.9 Å². The van der Waals surface area contributed by atoms with Crippen LogP contribution in [0.5, 0.6) is 5.88 Å². The first-order valence-corrected chi connectivity index (χ1v) is 12.1. The van der Waals surface area contributed by atoms with E-state index < -0.39 is 0 Å². The summed E-state index contributed by atoms with van der Waals surface area (Å²) in [6, 6.07) is 9.51. The third kappa shape index (κ3) is 7.68. The molecule has 1 aromatic carbocycles. The van der Waals surface area contributed by atoms with E-state index >= 15 is 0 Å². The van der Waals surface area contributed by atoms with E-state index in [0.29, 0.717) is 24.1 Å². The van der Waals surface area contributed by atoms with Crippen molar-refractivity contribution in [2.24, 2.45) is 0 Å². The average molecular weight is 456 g/mol. The molecular weight excluding hydrogens is 418 g/mol. The monoisotopic (exact) mass is 455 g/mol. The fourth-order valence-electron chi connectivity index (χ4n) is 3.76. The molecule has 2 aromatic rings. The summed E-state index contributed by atoms with van der Waals surface area (Å²) in [5.41, 5.74) is 2.23. The van der Waals surface area contributed by atoms with Gasteiger partial charge in [0.15, 0.2) is 0 Å². The number of carbonyl (C=O) groups is 1. The largest absolute Gasteiger partial charge is 0.476 e. The van der Waals surface area contributed by atoms with Crippen LogP contribution in [0.25, 0.3) is 0 Å². The standard InChI is InChI=1S/C25H37N5O3/c1-4-10-30(11-5-2)25-27-22(24(31)26-21-9-7-8-20(6-3)18-21)19-23(28-25)33-17-14-29-12-15-32-16-13-29/h7-9,18-19H,4-6,10-17H2,1-3H3,(H,26,31). The van der Waals surface area contributed by atoms with E-state index in [4.69, 9.17) is 9.47 Å². The van der Waals surface area contributed by atoms with Gasteiger partial charge in [-0.2, -0.15) is 4.98 Å². The lowest BCUT2D eigenvalue weighted by Crippen LogP contribution is -2.38. The second kappa shape index (κ2) is 13.1. The Morgan fingerprint density at radius 3 is 2.58 bits per heavy atom. The average Bonchev–Trinajstić information content (AvgIpc) is 2.84. The molecule has 1 saturated heterocycles. The van der Waals surface area contributed by atoms with Gasteiger partial charge in [0.05, 0.1) is 13.2 Å². The molecule has 1 fully saturated rings. The zero-order valence-corrected chi connectivity index (χ0v) is 20.2. The first-order chi connectivity index (χ1) is 16.1. The number of hydrogen-bond acceptors (Lipinski definition) is 7. The summed E-state index contributed by atoms with van der Waals surface area (Å²) in [5, 5.41) is 2.97. The van der Waals surface area contributed by atoms with Crippen LogP contribution in [-0.2, 0) is 11.2 Å². The van der Waals surface area contributed by atoms with Crippen LogP contribution in [0.4, 0.5) is 11.6 Å². The molecule has 1 aliphatic rings. The summed E-state index contributed by atoms with van der Waals surface area (Å²) in [6.45, 7) is 12.6. The summed E-state index contributed by atoms with van der Waals surface area (Å²) in [4.78, 5) is 26.7. The Hall–Kier alpha value is -2.71. The molecule has 2 heterocycles. The molecule has 0 saturated carbocycles. The molecule has 0 atom stereocenters. The van der Waals surface area contributed by atoms with Gasteiger partial charge >= 0.3 is 0 Å². The highest BCUT2D eigenvalue weighted by molar-refractivity contribution is 6.03. The van der Waals surface area contributed by atoms with Gasteiger partial charge < -0.3 is 19.7 Å². The number of nitrogens with zero attached hydrogens (tertiary/aromatic N) is 4. The van der Waals surface area contributed by atoms with Gasteiger partial charge in [-0.1, -0.05) is 32.9 Å². The highest BCUT2D eigenvalue weighted by atomic mass is 16.5. The smallest absolute Gasteiger partial charge is 0.274 e. The second-order valence-electron chi connectivity index (χ2n) is 8.19. The number of anilines is 2. The van der Waals surface area contributed by atoms with E-state index in [2.05, 4.69) is 45.9 Å². The van der Waals surface area contributed by atoms with Crippen molar-refractivity contribution in [2.75, 3.05) is 62.8 Å². The number of aryl methyl sites for hydroxylation is 1. The number of morpholine rings is 1. The van der Waals surface area contributed by atoms with Crippen LogP contribution in [0.2, 0.25) is 0 Å². The van der Waals surface area contributed by atoms with Crippen LogP contribution in [0.1, 0.15) is 49.7 Å².